The second-order valence-electron chi connectivity index (χ2n) is 4.80. The third-order valence-electron chi connectivity index (χ3n) is 2.95. The number of carbonyl (C=O) groups is 1. The van der Waals surface area contributed by atoms with E-state index in [0.29, 0.717) is 6.54 Å². The normalized spacial score (nSPS) is 11.6. The van der Waals surface area contributed by atoms with Crippen LogP contribution in [-0.2, 0) is 9.84 Å². The lowest BCUT2D eigenvalue weighted by Crippen LogP contribution is -2.28. The Morgan fingerprint density at radius 2 is 1.85 bits per heavy atom. The van der Waals surface area contributed by atoms with Gasteiger partial charge in [0.1, 0.15) is 0 Å². The van der Waals surface area contributed by atoms with Crippen molar-refractivity contribution in [2.45, 2.75) is 30.4 Å². The van der Waals surface area contributed by atoms with Gasteiger partial charge in [-0.15, -0.1) is 0 Å². The van der Waals surface area contributed by atoms with E-state index in [4.69, 9.17) is 0 Å². The Morgan fingerprint density at radius 1 is 1.20 bits per heavy atom. The smallest absolute Gasteiger partial charge is 0.252 e. The minimum absolute atomic E-state index is 0.0983. The van der Waals surface area contributed by atoms with Gasteiger partial charge in [-0.05, 0) is 46.0 Å². The summed E-state index contributed by atoms with van der Waals surface area (Å²) >= 11 is 0. The van der Waals surface area contributed by atoms with Crippen molar-refractivity contribution in [1.82, 2.24) is 10.6 Å². The first-order valence-electron chi connectivity index (χ1n) is 6.67. The largest absolute Gasteiger partial charge is 0.352 e. The van der Waals surface area contributed by atoms with E-state index in [1.807, 2.05) is 7.05 Å². The lowest BCUT2D eigenvalue weighted by atomic mass is 10.2. The van der Waals surface area contributed by atoms with Gasteiger partial charge in [0, 0.05) is 6.54 Å². The number of sulfone groups is 1. The summed E-state index contributed by atoms with van der Waals surface area (Å²) in [6.07, 6.45) is 0.793. The number of benzene rings is 1. The molecule has 0 aliphatic rings. The first-order valence-corrected chi connectivity index (χ1v) is 8.21. The fourth-order valence-corrected chi connectivity index (χ4v) is 2.96. The van der Waals surface area contributed by atoms with Gasteiger partial charge in [0.15, 0.2) is 9.84 Å². The van der Waals surface area contributed by atoms with Crippen LogP contribution in [0.25, 0.3) is 0 Å². The minimum Gasteiger partial charge on any atom is -0.352 e. The molecule has 0 radical (unpaired) electrons. The summed E-state index contributed by atoms with van der Waals surface area (Å²) in [5.74, 6) is -0.346. The van der Waals surface area contributed by atoms with Crippen molar-refractivity contribution in [3.8, 4) is 0 Å². The topological polar surface area (TPSA) is 75.3 Å². The van der Waals surface area contributed by atoms with Crippen LogP contribution < -0.4 is 10.6 Å². The zero-order chi connectivity index (χ0) is 15.2. The number of nitrogens with one attached hydrogen (secondary N) is 2. The van der Waals surface area contributed by atoms with Crippen LogP contribution in [0.4, 0.5) is 0 Å². The predicted molar refractivity (Wildman–Crippen MR) is 79.6 cm³/mol. The molecule has 1 aromatic carbocycles. The molecule has 112 valence electrons. The van der Waals surface area contributed by atoms with E-state index in [1.165, 1.54) is 6.07 Å². The molecule has 0 fully saturated rings. The van der Waals surface area contributed by atoms with Crippen molar-refractivity contribution in [3.05, 3.63) is 29.8 Å². The molecule has 0 heterocycles. The van der Waals surface area contributed by atoms with Gasteiger partial charge in [0.05, 0.1) is 15.7 Å². The molecule has 6 heteroatoms. The zero-order valence-electron chi connectivity index (χ0n) is 12.1. The molecule has 1 rings (SSSR count). The van der Waals surface area contributed by atoms with Crippen molar-refractivity contribution in [2.24, 2.45) is 0 Å². The number of hydrogen-bond acceptors (Lipinski definition) is 4. The molecule has 0 saturated carbocycles. The van der Waals surface area contributed by atoms with Gasteiger partial charge in [0.2, 0.25) is 0 Å². The maximum Gasteiger partial charge on any atom is 0.252 e. The van der Waals surface area contributed by atoms with E-state index < -0.39 is 15.1 Å². The highest BCUT2D eigenvalue weighted by atomic mass is 32.2. The van der Waals surface area contributed by atoms with Crippen molar-refractivity contribution in [2.75, 3.05) is 20.1 Å². The molecular weight excluding hydrogens is 276 g/mol. The molecule has 0 aromatic heterocycles. The summed E-state index contributed by atoms with van der Waals surface area (Å²) in [6, 6.07) is 6.33. The lowest BCUT2D eigenvalue weighted by Gasteiger charge is -2.13. The maximum atomic E-state index is 12.2. The Labute approximate surface area is 120 Å². The van der Waals surface area contributed by atoms with Gasteiger partial charge >= 0.3 is 0 Å². The highest BCUT2D eigenvalue weighted by molar-refractivity contribution is 7.92. The highest BCUT2D eigenvalue weighted by Crippen LogP contribution is 2.20. The Bertz CT molecular complexity index is 553. The average Bonchev–Trinajstić information content (AvgIpc) is 2.43. The quantitative estimate of drug-likeness (QED) is 0.742. The number of rotatable bonds is 7. The van der Waals surface area contributed by atoms with Gasteiger partial charge in [0.25, 0.3) is 5.91 Å². The first-order chi connectivity index (χ1) is 9.41. The van der Waals surface area contributed by atoms with E-state index in [2.05, 4.69) is 10.6 Å². The SMILES string of the molecule is CNCCCNC(=O)c1ccccc1S(=O)(=O)C(C)C. The third-order valence-corrected chi connectivity index (χ3v) is 5.16. The second kappa shape index (κ2) is 7.40. The van der Waals surface area contributed by atoms with E-state index in [9.17, 15) is 13.2 Å². The molecule has 0 aliphatic heterocycles. The fourth-order valence-electron chi connectivity index (χ4n) is 1.72. The molecule has 0 unspecified atom stereocenters. The summed E-state index contributed by atoms with van der Waals surface area (Å²) in [6.45, 7) is 4.52. The van der Waals surface area contributed by atoms with Crippen LogP contribution in [0.3, 0.4) is 0 Å². The second-order valence-corrected chi connectivity index (χ2v) is 7.28. The molecular formula is C14H22N2O3S. The number of carbonyl (C=O) groups excluding carboxylic acids is 1. The van der Waals surface area contributed by atoms with Gasteiger partial charge in [-0.2, -0.15) is 0 Å². The molecule has 5 nitrogen and oxygen atoms in total. The van der Waals surface area contributed by atoms with Crippen LogP contribution in [0.5, 0.6) is 0 Å². The molecule has 0 atom stereocenters. The van der Waals surface area contributed by atoms with Gasteiger partial charge in [-0.3, -0.25) is 4.79 Å². The summed E-state index contributed by atoms with van der Waals surface area (Å²) < 4.78 is 24.5. The summed E-state index contributed by atoms with van der Waals surface area (Å²) in [7, 11) is -1.62. The Kier molecular flexibility index (Phi) is 6.16. The van der Waals surface area contributed by atoms with Crippen LogP contribution in [0, 0.1) is 0 Å². The predicted octanol–water partition coefficient (Wildman–Crippen LogP) is 1.21. The van der Waals surface area contributed by atoms with Crippen molar-refractivity contribution in [1.29, 1.82) is 0 Å². The molecule has 0 bridgehead atoms. The van der Waals surface area contributed by atoms with Crippen molar-refractivity contribution in [3.63, 3.8) is 0 Å². The lowest BCUT2D eigenvalue weighted by molar-refractivity contribution is 0.0950. The summed E-state index contributed by atoms with van der Waals surface area (Å²) in [4.78, 5) is 12.2. The average molecular weight is 298 g/mol. The van der Waals surface area contributed by atoms with E-state index >= 15 is 0 Å². The van der Waals surface area contributed by atoms with Gasteiger partial charge < -0.3 is 10.6 Å². The standard InChI is InChI=1S/C14H22N2O3S/c1-11(2)20(18,19)13-8-5-4-7-12(13)14(17)16-10-6-9-15-3/h4-5,7-8,11,15H,6,9-10H2,1-3H3,(H,16,17). The molecule has 2 N–H and O–H groups in total. The van der Waals surface area contributed by atoms with Crippen LogP contribution >= 0.6 is 0 Å². The van der Waals surface area contributed by atoms with Gasteiger partial charge in [-0.1, -0.05) is 12.1 Å². The maximum absolute atomic E-state index is 12.2. The molecule has 0 saturated heterocycles. The zero-order valence-corrected chi connectivity index (χ0v) is 13.0. The minimum atomic E-state index is -3.46. The molecule has 20 heavy (non-hydrogen) atoms. The summed E-state index contributed by atoms with van der Waals surface area (Å²) in [5, 5.41) is 5.17. The third kappa shape index (κ3) is 4.05. The summed E-state index contributed by atoms with van der Waals surface area (Å²) in [5.41, 5.74) is 0.214. The number of amides is 1. The highest BCUT2D eigenvalue weighted by Gasteiger charge is 2.24. The van der Waals surface area contributed by atoms with Crippen LogP contribution in [0.15, 0.2) is 29.2 Å². The van der Waals surface area contributed by atoms with Gasteiger partial charge in [-0.25, -0.2) is 8.42 Å². The Morgan fingerprint density at radius 3 is 2.45 bits per heavy atom. The molecule has 0 aliphatic carbocycles. The number of hydrogen-bond donors (Lipinski definition) is 2. The van der Waals surface area contributed by atoms with E-state index in [0.717, 1.165) is 13.0 Å². The van der Waals surface area contributed by atoms with E-state index in [-0.39, 0.29) is 16.4 Å². The van der Waals surface area contributed by atoms with Crippen molar-refractivity contribution < 1.29 is 13.2 Å². The van der Waals surface area contributed by atoms with Crippen molar-refractivity contribution >= 4 is 15.7 Å². The van der Waals surface area contributed by atoms with Crippen LogP contribution in [0.1, 0.15) is 30.6 Å². The van der Waals surface area contributed by atoms with Crippen LogP contribution in [0.2, 0.25) is 0 Å². The van der Waals surface area contributed by atoms with E-state index in [1.54, 1.807) is 32.0 Å². The Balaban J connectivity index is 2.94. The van der Waals surface area contributed by atoms with Crippen LogP contribution in [-0.4, -0.2) is 39.7 Å². The monoisotopic (exact) mass is 298 g/mol. The Hall–Kier alpha value is -1.40. The molecule has 1 amide bonds. The first kappa shape index (κ1) is 16.7. The molecule has 0 spiro atoms. The fraction of sp³-hybridized carbons (Fsp3) is 0.500. The molecule has 1 aromatic rings.